The molecule has 2 heterocycles. The zero-order valence-electron chi connectivity index (χ0n) is 12.2. The van der Waals surface area contributed by atoms with Gasteiger partial charge in [-0.15, -0.1) is 11.3 Å². The zero-order valence-corrected chi connectivity index (χ0v) is 13.0. The summed E-state index contributed by atoms with van der Waals surface area (Å²) in [6, 6.07) is 0.334. The van der Waals surface area contributed by atoms with E-state index >= 15 is 0 Å². The maximum atomic E-state index is 5.68. The molecule has 0 bridgehead atoms. The van der Waals surface area contributed by atoms with E-state index in [4.69, 9.17) is 9.72 Å². The molecule has 2 rings (SSSR count). The number of thiazole rings is 1. The van der Waals surface area contributed by atoms with E-state index in [0.717, 1.165) is 36.9 Å². The van der Waals surface area contributed by atoms with Crippen LogP contribution in [0.4, 0.5) is 5.13 Å². The minimum Gasteiger partial charge on any atom is -0.376 e. The van der Waals surface area contributed by atoms with Crippen LogP contribution in [0.5, 0.6) is 0 Å². The van der Waals surface area contributed by atoms with Gasteiger partial charge in [0.05, 0.1) is 11.8 Å². The number of hydrogen-bond donors (Lipinski definition) is 1. The van der Waals surface area contributed by atoms with E-state index in [1.54, 1.807) is 11.3 Å². The molecule has 1 fully saturated rings. The summed E-state index contributed by atoms with van der Waals surface area (Å²) in [6.45, 7) is 7.26. The Bertz CT molecular complexity index is 377. The number of nitrogens with one attached hydrogen (secondary N) is 1. The lowest BCUT2D eigenvalue weighted by Crippen LogP contribution is -2.28. The van der Waals surface area contributed by atoms with Crippen molar-refractivity contribution in [2.45, 2.75) is 45.3 Å². The van der Waals surface area contributed by atoms with Crippen molar-refractivity contribution < 1.29 is 4.74 Å². The van der Waals surface area contributed by atoms with Gasteiger partial charge in [-0.1, -0.05) is 6.92 Å². The Morgan fingerprint density at radius 1 is 1.63 bits per heavy atom. The first-order valence-corrected chi connectivity index (χ1v) is 8.10. The fourth-order valence-corrected chi connectivity index (χ4v) is 3.18. The van der Waals surface area contributed by atoms with Gasteiger partial charge in [0, 0.05) is 31.6 Å². The fourth-order valence-electron chi connectivity index (χ4n) is 2.29. The Kier molecular flexibility index (Phi) is 5.60. The molecule has 108 valence electrons. The van der Waals surface area contributed by atoms with Crippen molar-refractivity contribution in [3.05, 3.63) is 11.1 Å². The lowest BCUT2D eigenvalue weighted by atomic mass is 10.2. The van der Waals surface area contributed by atoms with E-state index in [-0.39, 0.29) is 0 Å². The molecule has 1 aliphatic rings. The lowest BCUT2D eigenvalue weighted by Gasteiger charge is -2.19. The minimum absolute atomic E-state index is 0.334. The Balaban J connectivity index is 1.88. The largest absolute Gasteiger partial charge is 0.376 e. The number of aromatic nitrogens is 1. The molecular weight excluding hydrogens is 258 g/mol. The number of hydrogen-bond acceptors (Lipinski definition) is 5. The third kappa shape index (κ3) is 4.16. The summed E-state index contributed by atoms with van der Waals surface area (Å²) in [7, 11) is 2.11. The molecule has 1 aliphatic heterocycles. The summed E-state index contributed by atoms with van der Waals surface area (Å²) in [5, 5.41) is 6.73. The molecule has 1 N–H and O–H groups in total. The maximum Gasteiger partial charge on any atom is 0.185 e. The lowest BCUT2D eigenvalue weighted by molar-refractivity contribution is 0.116. The van der Waals surface area contributed by atoms with Crippen LogP contribution < -0.4 is 10.2 Å². The molecule has 0 saturated carbocycles. The number of ether oxygens (including phenoxy) is 1. The Labute approximate surface area is 120 Å². The number of rotatable bonds is 7. The molecule has 19 heavy (non-hydrogen) atoms. The summed E-state index contributed by atoms with van der Waals surface area (Å²) >= 11 is 1.72. The topological polar surface area (TPSA) is 37.4 Å². The van der Waals surface area contributed by atoms with Gasteiger partial charge in [0.2, 0.25) is 0 Å². The van der Waals surface area contributed by atoms with Crippen molar-refractivity contribution in [2.75, 3.05) is 31.6 Å². The van der Waals surface area contributed by atoms with Gasteiger partial charge in [-0.05, 0) is 32.7 Å². The highest BCUT2D eigenvalue weighted by Crippen LogP contribution is 2.24. The van der Waals surface area contributed by atoms with E-state index in [9.17, 15) is 0 Å². The van der Waals surface area contributed by atoms with Gasteiger partial charge >= 0.3 is 0 Å². The molecule has 0 amide bonds. The van der Waals surface area contributed by atoms with E-state index in [2.05, 4.69) is 36.5 Å². The predicted molar refractivity (Wildman–Crippen MR) is 81.1 cm³/mol. The summed E-state index contributed by atoms with van der Waals surface area (Å²) < 4.78 is 5.68. The van der Waals surface area contributed by atoms with Crippen LogP contribution in [0.15, 0.2) is 5.38 Å². The molecule has 1 aromatic rings. The fraction of sp³-hybridized carbons (Fsp3) is 0.786. The molecule has 0 radical (unpaired) electrons. The van der Waals surface area contributed by atoms with Gasteiger partial charge < -0.3 is 15.0 Å². The first kappa shape index (κ1) is 14.8. The number of likely N-dealkylation sites (N-methyl/N-ethyl adjacent to an activating group) is 1. The van der Waals surface area contributed by atoms with Gasteiger partial charge in [0.1, 0.15) is 0 Å². The van der Waals surface area contributed by atoms with Crippen LogP contribution in [-0.4, -0.2) is 37.8 Å². The van der Waals surface area contributed by atoms with Crippen molar-refractivity contribution >= 4 is 16.5 Å². The maximum absolute atomic E-state index is 5.68. The second kappa shape index (κ2) is 7.22. The van der Waals surface area contributed by atoms with Crippen molar-refractivity contribution in [3.8, 4) is 0 Å². The summed E-state index contributed by atoms with van der Waals surface area (Å²) in [4.78, 5) is 6.95. The summed E-state index contributed by atoms with van der Waals surface area (Å²) in [6.07, 6.45) is 3.91. The molecular formula is C14H25N3OS. The van der Waals surface area contributed by atoms with Gasteiger partial charge in [0.15, 0.2) is 5.13 Å². The molecule has 0 spiro atoms. The number of nitrogens with zero attached hydrogens (tertiary/aromatic N) is 2. The molecule has 0 aliphatic carbocycles. The van der Waals surface area contributed by atoms with Crippen molar-refractivity contribution in [2.24, 2.45) is 0 Å². The van der Waals surface area contributed by atoms with Crippen LogP contribution in [-0.2, 0) is 4.74 Å². The van der Waals surface area contributed by atoms with Gasteiger partial charge in [-0.2, -0.15) is 0 Å². The third-order valence-electron chi connectivity index (χ3n) is 3.48. The monoisotopic (exact) mass is 283 g/mol. The van der Waals surface area contributed by atoms with Crippen LogP contribution in [0.25, 0.3) is 0 Å². The highest BCUT2D eigenvalue weighted by Gasteiger charge is 2.19. The van der Waals surface area contributed by atoms with Crippen LogP contribution in [0.3, 0.4) is 0 Å². The standard InChI is InChI=1S/C14H25N3OS/c1-4-7-15-11(2)13-10-19-14(16-13)17(3)9-12-6-5-8-18-12/h10-12,15H,4-9H2,1-3H3. The van der Waals surface area contributed by atoms with Crippen molar-refractivity contribution in [1.82, 2.24) is 10.3 Å². The first-order chi connectivity index (χ1) is 9.20. The quantitative estimate of drug-likeness (QED) is 0.835. The molecule has 4 nitrogen and oxygen atoms in total. The Hall–Kier alpha value is -0.650. The van der Waals surface area contributed by atoms with E-state index in [1.165, 1.54) is 12.8 Å². The van der Waals surface area contributed by atoms with Crippen LogP contribution in [0.2, 0.25) is 0 Å². The molecule has 1 aromatic heterocycles. The van der Waals surface area contributed by atoms with Crippen LogP contribution >= 0.6 is 11.3 Å². The second-order valence-electron chi connectivity index (χ2n) is 5.25. The van der Waals surface area contributed by atoms with Gasteiger partial charge in [0.25, 0.3) is 0 Å². The van der Waals surface area contributed by atoms with Crippen LogP contribution in [0.1, 0.15) is 44.8 Å². The van der Waals surface area contributed by atoms with E-state index in [1.807, 2.05) is 0 Å². The smallest absolute Gasteiger partial charge is 0.185 e. The minimum atomic E-state index is 0.334. The van der Waals surface area contributed by atoms with E-state index < -0.39 is 0 Å². The highest BCUT2D eigenvalue weighted by molar-refractivity contribution is 7.13. The predicted octanol–water partition coefficient (Wildman–Crippen LogP) is 2.82. The molecule has 1 saturated heterocycles. The van der Waals surface area contributed by atoms with Crippen molar-refractivity contribution in [1.29, 1.82) is 0 Å². The average molecular weight is 283 g/mol. The van der Waals surface area contributed by atoms with E-state index in [0.29, 0.717) is 12.1 Å². The third-order valence-corrected chi connectivity index (χ3v) is 4.46. The van der Waals surface area contributed by atoms with Crippen molar-refractivity contribution in [3.63, 3.8) is 0 Å². The molecule has 0 aromatic carbocycles. The Morgan fingerprint density at radius 2 is 2.47 bits per heavy atom. The number of anilines is 1. The van der Waals surface area contributed by atoms with Gasteiger partial charge in [-0.25, -0.2) is 4.98 Å². The zero-order chi connectivity index (χ0) is 13.7. The van der Waals surface area contributed by atoms with Gasteiger partial charge in [-0.3, -0.25) is 0 Å². The average Bonchev–Trinajstić information content (AvgIpc) is 3.06. The highest BCUT2D eigenvalue weighted by atomic mass is 32.1. The Morgan fingerprint density at radius 3 is 3.16 bits per heavy atom. The first-order valence-electron chi connectivity index (χ1n) is 7.22. The summed E-state index contributed by atoms with van der Waals surface area (Å²) in [5.74, 6) is 0. The SMILES string of the molecule is CCCNC(C)c1csc(N(C)CC2CCCO2)n1. The van der Waals surface area contributed by atoms with Crippen LogP contribution in [0, 0.1) is 0 Å². The molecule has 5 heteroatoms. The normalized spacial score (nSPS) is 20.7. The summed E-state index contributed by atoms with van der Waals surface area (Å²) in [5.41, 5.74) is 1.15. The molecule has 2 atom stereocenters. The second-order valence-corrected chi connectivity index (χ2v) is 6.08. The molecule has 2 unspecified atom stereocenters.